The minimum absolute atomic E-state index is 0.239. The van der Waals surface area contributed by atoms with Crippen LogP contribution in [0.5, 0.6) is 0 Å². The minimum atomic E-state index is -5.08. The zero-order valence-electron chi connectivity index (χ0n) is 15.3. The number of nitrogens with zero attached hydrogens (tertiary/aromatic N) is 1. The first kappa shape index (κ1) is 22.7. The van der Waals surface area contributed by atoms with Crippen LogP contribution in [0.25, 0.3) is 0 Å². The molecule has 2 rings (SSSR count). The molecular formula is C19H24F3NO4. The Kier molecular flexibility index (Phi) is 7.59. The number of carbonyl (C=O) groups is 2. The Balaban J connectivity index is 0.000000445. The van der Waals surface area contributed by atoms with Crippen molar-refractivity contribution < 1.29 is 33.0 Å². The zero-order valence-corrected chi connectivity index (χ0v) is 15.3. The number of hydrogen-bond acceptors (Lipinski definition) is 3. The Hall–Kier alpha value is -2.35. The maximum Gasteiger partial charge on any atom is 0.490 e. The van der Waals surface area contributed by atoms with E-state index in [1.54, 1.807) is 0 Å². The van der Waals surface area contributed by atoms with Gasteiger partial charge in [0.2, 0.25) is 0 Å². The van der Waals surface area contributed by atoms with Crippen LogP contribution in [-0.4, -0.2) is 52.9 Å². The molecule has 0 spiro atoms. The number of likely N-dealkylation sites (tertiary alicyclic amines) is 1. The van der Waals surface area contributed by atoms with Gasteiger partial charge < -0.3 is 10.2 Å². The standard InChI is InChI=1S/C17H23NO2.C2HF3O2/c1-13(16(19)20)11-18-10-9-17(2,3)15(12-18)14-7-5-4-6-8-14;3-2(4,5)1(6)7/h4-8,15H,1,9-12H2,2-3H3,(H,19,20);(H,6,7). The Morgan fingerprint density at radius 2 is 1.74 bits per heavy atom. The monoisotopic (exact) mass is 387 g/mol. The molecule has 0 radical (unpaired) electrons. The summed E-state index contributed by atoms with van der Waals surface area (Å²) < 4.78 is 31.7. The van der Waals surface area contributed by atoms with Gasteiger partial charge in [-0.15, -0.1) is 0 Å². The van der Waals surface area contributed by atoms with Crippen molar-refractivity contribution in [3.05, 3.63) is 48.0 Å². The van der Waals surface area contributed by atoms with Gasteiger partial charge in [0.1, 0.15) is 0 Å². The lowest BCUT2D eigenvalue weighted by Crippen LogP contribution is -2.44. The number of alkyl halides is 3. The molecule has 1 unspecified atom stereocenters. The molecule has 0 aliphatic carbocycles. The molecule has 1 heterocycles. The van der Waals surface area contributed by atoms with Crippen LogP contribution in [0, 0.1) is 5.41 Å². The van der Waals surface area contributed by atoms with Crippen molar-refractivity contribution in [3.8, 4) is 0 Å². The van der Waals surface area contributed by atoms with E-state index >= 15 is 0 Å². The number of piperidine rings is 1. The summed E-state index contributed by atoms with van der Waals surface area (Å²) in [7, 11) is 0. The van der Waals surface area contributed by atoms with Gasteiger partial charge in [-0.3, -0.25) is 4.90 Å². The van der Waals surface area contributed by atoms with Gasteiger partial charge in [-0.05, 0) is 23.9 Å². The van der Waals surface area contributed by atoms with Crippen LogP contribution in [-0.2, 0) is 9.59 Å². The van der Waals surface area contributed by atoms with E-state index in [1.807, 2.05) is 6.07 Å². The lowest BCUT2D eigenvalue weighted by Gasteiger charge is -2.44. The fraction of sp³-hybridized carbons (Fsp3) is 0.474. The van der Waals surface area contributed by atoms with Gasteiger partial charge in [0.15, 0.2) is 0 Å². The van der Waals surface area contributed by atoms with Crippen molar-refractivity contribution in [2.24, 2.45) is 5.41 Å². The fourth-order valence-electron chi connectivity index (χ4n) is 2.94. The molecule has 8 heteroatoms. The molecule has 0 bridgehead atoms. The summed E-state index contributed by atoms with van der Waals surface area (Å²) >= 11 is 0. The van der Waals surface area contributed by atoms with Crippen molar-refractivity contribution >= 4 is 11.9 Å². The number of carboxylic acids is 2. The molecule has 0 saturated carbocycles. The van der Waals surface area contributed by atoms with E-state index in [2.05, 4.69) is 49.6 Å². The molecule has 1 atom stereocenters. The highest BCUT2D eigenvalue weighted by molar-refractivity contribution is 5.86. The van der Waals surface area contributed by atoms with E-state index in [9.17, 15) is 18.0 Å². The Morgan fingerprint density at radius 3 is 2.19 bits per heavy atom. The highest BCUT2D eigenvalue weighted by Gasteiger charge is 2.38. The van der Waals surface area contributed by atoms with Crippen LogP contribution in [0.2, 0.25) is 0 Å². The number of halogens is 3. The Bertz CT molecular complexity index is 671. The molecule has 1 fully saturated rings. The topological polar surface area (TPSA) is 77.8 Å². The smallest absolute Gasteiger partial charge is 0.478 e. The van der Waals surface area contributed by atoms with Crippen molar-refractivity contribution in [1.82, 2.24) is 4.90 Å². The van der Waals surface area contributed by atoms with Crippen LogP contribution >= 0.6 is 0 Å². The van der Waals surface area contributed by atoms with E-state index in [1.165, 1.54) is 5.56 Å². The third-order valence-corrected chi connectivity index (χ3v) is 4.62. The van der Waals surface area contributed by atoms with E-state index in [-0.39, 0.29) is 11.0 Å². The lowest BCUT2D eigenvalue weighted by molar-refractivity contribution is -0.192. The van der Waals surface area contributed by atoms with Gasteiger partial charge >= 0.3 is 18.1 Å². The van der Waals surface area contributed by atoms with Crippen molar-refractivity contribution in [1.29, 1.82) is 0 Å². The second-order valence-corrected chi connectivity index (χ2v) is 7.15. The van der Waals surface area contributed by atoms with Gasteiger partial charge in [-0.1, -0.05) is 50.8 Å². The number of carboxylic acid groups (broad SMARTS) is 2. The van der Waals surface area contributed by atoms with Crippen molar-refractivity contribution in [2.75, 3.05) is 19.6 Å². The summed E-state index contributed by atoms with van der Waals surface area (Å²) in [5.41, 5.74) is 1.85. The fourth-order valence-corrected chi connectivity index (χ4v) is 2.94. The summed E-state index contributed by atoms with van der Waals surface area (Å²) in [5.74, 6) is -3.22. The first-order chi connectivity index (χ1) is 12.3. The van der Waals surface area contributed by atoms with Crippen molar-refractivity contribution in [3.63, 3.8) is 0 Å². The summed E-state index contributed by atoms with van der Waals surface area (Å²) in [6, 6.07) is 10.5. The first-order valence-corrected chi connectivity index (χ1v) is 8.33. The third-order valence-electron chi connectivity index (χ3n) is 4.62. The van der Waals surface area contributed by atoms with Gasteiger partial charge in [0.05, 0.1) is 0 Å². The molecule has 150 valence electrons. The second-order valence-electron chi connectivity index (χ2n) is 7.15. The number of benzene rings is 1. The number of aliphatic carboxylic acids is 2. The molecule has 1 aliphatic rings. The molecule has 1 saturated heterocycles. The molecule has 0 amide bonds. The number of hydrogen-bond donors (Lipinski definition) is 2. The maximum absolute atomic E-state index is 10.9. The van der Waals surface area contributed by atoms with Crippen LogP contribution in [0.1, 0.15) is 31.7 Å². The van der Waals surface area contributed by atoms with E-state index in [0.717, 1.165) is 19.5 Å². The molecule has 27 heavy (non-hydrogen) atoms. The highest BCUT2D eigenvalue weighted by atomic mass is 19.4. The Morgan fingerprint density at radius 1 is 1.22 bits per heavy atom. The van der Waals surface area contributed by atoms with E-state index in [4.69, 9.17) is 15.0 Å². The van der Waals surface area contributed by atoms with Gasteiger partial charge in [0, 0.05) is 24.6 Å². The molecule has 2 N–H and O–H groups in total. The Labute approximate surface area is 156 Å². The van der Waals surface area contributed by atoms with Crippen molar-refractivity contribution in [2.45, 2.75) is 32.4 Å². The predicted octanol–water partition coefficient (Wildman–Crippen LogP) is 3.78. The zero-order chi connectivity index (χ0) is 20.8. The van der Waals surface area contributed by atoms with E-state index < -0.39 is 18.1 Å². The molecule has 0 aromatic heterocycles. The van der Waals surface area contributed by atoms with Crippen LogP contribution in [0.4, 0.5) is 13.2 Å². The average Bonchev–Trinajstić information content (AvgIpc) is 2.56. The maximum atomic E-state index is 10.9. The SMILES string of the molecule is C=C(CN1CCC(C)(C)C(c2ccccc2)C1)C(=O)O.O=C(O)C(F)(F)F. The summed E-state index contributed by atoms with van der Waals surface area (Å²) in [6.45, 7) is 10.5. The number of rotatable bonds is 4. The van der Waals surface area contributed by atoms with E-state index in [0.29, 0.717) is 12.5 Å². The predicted molar refractivity (Wildman–Crippen MR) is 94.5 cm³/mol. The van der Waals surface area contributed by atoms with Gasteiger partial charge in [0.25, 0.3) is 0 Å². The summed E-state index contributed by atoms with van der Waals surface area (Å²) in [6.07, 6.45) is -4.01. The molecule has 1 aliphatic heterocycles. The third kappa shape index (κ3) is 7.05. The average molecular weight is 387 g/mol. The van der Waals surface area contributed by atoms with Gasteiger partial charge in [-0.2, -0.15) is 13.2 Å². The van der Waals surface area contributed by atoms with Crippen LogP contribution in [0.15, 0.2) is 42.5 Å². The van der Waals surface area contributed by atoms with Crippen LogP contribution in [0.3, 0.4) is 0 Å². The molecular weight excluding hydrogens is 363 g/mol. The van der Waals surface area contributed by atoms with Crippen LogP contribution < -0.4 is 0 Å². The minimum Gasteiger partial charge on any atom is -0.478 e. The molecule has 1 aromatic rings. The lowest BCUT2D eigenvalue weighted by atomic mass is 9.70. The second kappa shape index (κ2) is 9.03. The van der Waals surface area contributed by atoms with Gasteiger partial charge in [-0.25, -0.2) is 9.59 Å². The first-order valence-electron chi connectivity index (χ1n) is 8.33. The summed E-state index contributed by atoms with van der Waals surface area (Å²) in [5, 5.41) is 16.1. The largest absolute Gasteiger partial charge is 0.490 e. The quantitative estimate of drug-likeness (QED) is 0.769. The summed E-state index contributed by atoms with van der Waals surface area (Å²) in [4.78, 5) is 22.0. The molecule has 5 nitrogen and oxygen atoms in total. The normalized spacial score (nSPS) is 19.5. The highest BCUT2D eigenvalue weighted by Crippen LogP contribution is 2.42. The molecule has 1 aromatic carbocycles.